The maximum absolute atomic E-state index is 10.6. The number of rotatable bonds is 3. The molecular formula is C8H12O4. The summed E-state index contributed by atoms with van der Waals surface area (Å²) in [5.41, 5.74) is 0. The summed E-state index contributed by atoms with van der Waals surface area (Å²) in [6, 6.07) is 0. The molecule has 1 atom stereocenters. The minimum atomic E-state index is -0.464. The summed E-state index contributed by atoms with van der Waals surface area (Å²) >= 11 is 0. The van der Waals surface area contributed by atoms with Gasteiger partial charge in [-0.25, -0.2) is 4.79 Å². The van der Waals surface area contributed by atoms with Crippen LogP contribution in [0.4, 0.5) is 0 Å². The van der Waals surface area contributed by atoms with Gasteiger partial charge in [0, 0.05) is 13.0 Å². The summed E-state index contributed by atoms with van der Waals surface area (Å²) in [4.78, 5) is 20.9. The number of methoxy groups -OCH3 is 1. The number of hydrogen-bond acceptors (Lipinski definition) is 4. The molecule has 0 amide bonds. The largest absolute Gasteiger partial charge is 0.466 e. The molecule has 0 aliphatic heterocycles. The molecular weight excluding hydrogens is 160 g/mol. The maximum atomic E-state index is 10.6. The van der Waals surface area contributed by atoms with Gasteiger partial charge in [0.15, 0.2) is 0 Å². The highest BCUT2D eigenvalue weighted by atomic mass is 16.5. The number of carbonyl (C=O) groups excluding carboxylic acids is 2. The Morgan fingerprint density at radius 1 is 1.42 bits per heavy atom. The first kappa shape index (κ1) is 10.7. The molecule has 0 aromatic heterocycles. The number of carbonyl (C=O) groups is 2. The maximum Gasteiger partial charge on any atom is 0.330 e. The molecule has 0 spiro atoms. The van der Waals surface area contributed by atoms with Gasteiger partial charge < -0.3 is 9.47 Å². The van der Waals surface area contributed by atoms with Crippen molar-refractivity contribution in [2.24, 2.45) is 0 Å². The van der Waals surface area contributed by atoms with Crippen LogP contribution in [0.1, 0.15) is 13.8 Å². The number of ether oxygens (including phenoxy) is 2. The molecule has 0 aromatic rings. The Balaban J connectivity index is 3.82. The SMILES string of the molecule is COC(=O)/C=C\C(C)OC(C)=O. The third-order valence-electron chi connectivity index (χ3n) is 1.06. The zero-order chi connectivity index (χ0) is 9.56. The fraction of sp³-hybridized carbons (Fsp3) is 0.500. The van der Waals surface area contributed by atoms with E-state index in [9.17, 15) is 9.59 Å². The molecule has 68 valence electrons. The summed E-state index contributed by atoms with van der Waals surface area (Å²) in [5.74, 6) is -0.842. The van der Waals surface area contributed by atoms with Crippen molar-refractivity contribution in [1.29, 1.82) is 0 Å². The van der Waals surface area contributed by atoms with Gasteiger partial charge in [0.05, 0.1) is 7.11 Å². The van der Waals surface area contributed by atoms with E-state index in [1.165, 1.54) is 26.2 Å². The van der Waals surface area contributed by atoms with Gasteiger partial charge in [-0.2, -0.15) is 0 Å². The van der Waals surface area contributed by atoms with Crippen molar-refractivity contribution in [1.82, 2.24) is 0 Å². The average molecular weight is 172 g/mol. The molecule has 4 nitrogen and oxygen atoms in total. The molecule has 0 aliphatic rings. The van der Waals surface area contributed by atoms with E-state index in [2.05, 4.69) is 4.74 Å². The van der Waals surface area contributed by atoms with Gasteiger partial charge in [0.25, 0.3) is 0 Å². The fourth-order valence-electron chi connectivity index (χ4n) is 0.583. The average Bonchev–Trinajstić information content (AvgIpc) is 1.99. The Hall–Kier alpha value is -1.32. The quantitative estimate of drug-likeness (QED) is 0.463. The first-order valence-electron chi connectivity index (χ1n) is 3.49. The first-order chi connectivity index (χ1) is 5.56. The van der Waals surface area contributed by atoms with Gasteiger partial charge in [-0.3, -0.25) is 4.79 Å². The summed E-state index contributed by atoms with van der Waals surface area (Å²) < 4.78 is 9.05. The zero-order valence-corrected chi connectivity index (χ0v) is 7.37. The van der Waals surface area contributed by atoms with E-state index in [0.29, 0.717) is 0 Å². The molecule has 0 aromatic carbocycles. The molecule has 0 aliphatic carbocycles. The molecule has 0 heterocycles. The fourth-order valence-corrected chi connectivity index (χ4v) is 0.583. The van der Waals surface area contributed by atoms with E-state index in [-0.39, 0.29) is 5.97 Å². The van der Waals surface area contributed by atoms with Crippen molar-refractivity contribution in [2.45, 2.75) is 20.0 Å². The minimum Gasteiger partial charge on any atom is -0.466 e. The summed E-state index contributed by atoms with van der Waals surface area (Å²) in [5, 5.41) is 0. The van der Waals surface area contributed by atoms with E-state index < -0.39 is 12.1 Å². The Morgan fingerprint density at radius 2 is 2.00 bits per heavy atom. The van der Waals surface area contributed by atoms with Crippen LogP contribution in [0.2, 0.25) is 0 Å². The monoisotopic (exact) mass is 172 g/mol. The molecule has 0 fully saturated rings. The molecule has 0 N–H and O–H groups in total. The molecule has 4 heteroatoms. The topological polar surface area (TPSA) is 52.6 Å². The summed E-state index contributed by atoms with van der Waals surface area (Å²) in [6.07, 6.45) is 2.27. The van der Waals surface area contributed by atoms with Gasteiger partial charge in [-0.05, 0) is 13.0 Å². The summed E-state index contributed by atoms with van der Waals surface area (Å²) in [7, 11) is 1.28. The Bertz CT molecular complexity index is 195. The third-order valence-corrected chi connectivity index (χ3v) is 1.06. The van der Waals surface area contributed by atoms with Crippen molar-refractivity contribution < 1.29 is 19.1 Å². The standard InChI is InChI=1S/C8H12O4/c1-6(12-7(2)9)4-5-8(10)11-3/h4-6H,1-3H3/b5-4-. The van der Waals surface area contributed by atoms with E-state index in [4.69, 9.17) is 4.74 Å². The summed E-state index contributed by atoms with van der Waals surface area (Å²) in [6.45, 7) is 2.96. The van der Waals surface area contributed by atoms with Gasteiger partial charge in [-0.1, -0.05) is 0 Å². The lowest BCUT2D eigenvalue weighted by Crippen LogP contribution is -2.09. The molecule has 0 bridgehead atoms. The van der Waals surface area contributed by atoms with Crippen LogP contribution >= 0.6 is 0 Å². The van der Waals surface area contributed by atoms with Crippen LogP contribution in [0.25, 0.3) is 0 Å². The smallest absolute Gasteiger partial charge is 0.330 e. The molecule has 0 saturated carbocycles. The Kier molecular flexibility index (Phi) is 4.76. The van der Waals surface area contributed by atoms with Gasteiger partial charge >= 0.3 is 11.9 Å². The highest BCUT2D eigenvalue weighted by Crippen LogP contribution is 1.93. The highest BCUT2D eigenvalue weighted by Gasteiger charge is 2.00. The van der Waals surface area contributed by atoms with E-state index in [0.717, 1.165) is 0 Å². The number of hydrogen-bond donors (Lipinski definition) is 0. The van der Waals surface area contributed by atoms with Crippen molar-refractivity contribution in [3.05, 3.63) is 12.2 Å². The van der Waals surface area contributed by atoms with Crippen molar-refractivity contribution >= 4 is 11.9 Å². The minimum absolute atomic E-state index is 0.378. The van der Waals surface area contributed by atoms with E-state index >= 15 is 0 Å². The Morgan fingerprint density at radius 3 is 2.42 bits per heavy atom. The van der Waals surface area contributed by atoms with Crippen LogP contribution in [0.5, 0.6) is 0 Å². The van der Waals surface area contributed by atoms with Crippen molar-refractivity contribution in [3.63, 3.8) is 0 Å². The highest BCUT2D eigenvalue weighted by molar-refractivity contribution is 5.81. The molecule has 0 saturated heterocycles. The second-order valence-corrected chi connectivity index (χ2v) is 2.20. The first-order valence-corrected chi connectivity index (χ1v) is 3.49. The van der Waals surface area contributed by atoms with Crippen LogP contribution in [0, 0.1) is 0 Å². The van der Waals surface area contributed by atoms with Crippen molar-refractivity contribution in [2.75, 3.05) is 7.11 Å². The second kappa shape index (κ2) is 5.35. The lowest BCUT2D eigenvalue weighted by atomic mass is 10.3. The number of esters is 2. The molecule has 1 unspecified atom stereocenters. The van der Waals surface area contributed by atoms with Gasteiger partial charge in [-0.15, -0.1) is 0 Å². The predicted molar refractivity (Wildman–Crippen MR) is 42.4 cm³/mol. The lowest BCUT2D eigenvalue weighted by molar-refractivity contribution is -0.143. The molecule has 0 radical (unpaired) electrons. The predicted octanol–water partition coefficient (Wildman–Crippen LogP) is 0.667. The van der Waals surface area contributed by atoms with Crippen LogP contribution in [0.15, 0.2) is 12.2 Å². The Labute approximate surface area is 71.2 Å². The van der Waals surface area contributed by atoms with Gasteiger partial charge in [0.2, 0.25) is 0 Å². The van der Waals surface area contributed by atoms with Crippen LogP contribution in [-0.2, 0) is 19.1 Å². The van der Waals surface area contributed by atoms with E-state index in [1.807, 2.05) is 0 Å². The van der Waals surface area contributed by atoms with Crippen molar-refractivity contribution in [3.8, 4) is 0 Å². The normalized spacial score (nSPS) is 12.6. The zero-order valence-electron chi connectivity index (χ0n) is 7.37. The molecule has 0 rings (SSSR count). The lowest BCUT2D eigenvalue weighted by Gasteiger charge is -2.04. The second-order valence-electron chi connectivity index (χ2n) is 2.20. The van der Waals surface area contributed by atoms with E-state index in [1.54, 1.807) is 6.92 Å². The van der Waals surface area contributed by atoms with Crippen LogP contribution in [-0.4, -0.2) is 25.2 Å². The van der Waals surface area contributed by atoms with Crippen LogP contribution < -0.4 is 0 Å². The molecule has 12 heavy (non-hydrogen) atoms. The van der Waals surface area contributed by atoms with Crippen LogP contribution in [0.3, 0.4) is 0 Å². The third kappa shape index (κ3) is 5.46. The van der Waals surface area contributed by atoms with Gasteiger partial charge in [0.1, 0.15) is 6.10 Å².